The summed E-state index contributed by atoms with van der Waals surface area (Å²) in [5.41, 5.74) is 7.57. The van der Waals surface area contributed by atoms with Gasteiger partial charge in [0.2, 0.25) is 0 Å². The number of hydrogen-bond donors (Lipinski definition) is 2. The zero-order chi connectivity index (χ0) is 13.1. The summed E-state index contributed by atoms with van der Waals surface area (Å²) < 4.78 is 0. The molecule has 94 valence electrons. The van der Waals surface area contributed by atoms with Gasteiger partial charge in [0.1, 0.15) is 0 Å². The SMILES string of the molecule is CC(C)NNC(=O)c1ccc(C(C)(C)C)cc1. The molecule has 0 aliphatic rings. The molecule has 1 aromatic carbocycles. The fourth-order valence-corrected chi connectivity index (χ4v) is 1.40. The second kappa shape index (κ2) is 5.32. The van der Waals surface area contributed by atoms with Crippen LogP contribution in [0.3, 0.4) is 0 Å². The molecule has 0 bridgehead atoms. The third-order valence-electron chi connectivity index (χ3n) is 2.49. The van der Waals surface area contributed by atoms with Crippen LogP contribution in [0.15, 0.2) is 24.3 Å². The van der Waals surface area contributed by atoms with Crippen LogP contribution in [-0.4, -0.2) is 11.9 Å². The van der Waals surface area contributed by atoms with Crippen molar-refractivity contribution in [1.82, 2.24) is 10.9 Å². The molecule has 2 N–H and O–H groups in total. The molecule has 0 heterocycles. The Morgan fingerprint density at radius 1 is 1.12 bits per heavy atom. The Morgan fingerprint density at radius 2 is 1.65 bits per heavy atom. The summed E-state index contributed by atoms with van der Waals surface area (Å²) in [5.74, 6) is -0.0980. The third-order valence-corrected chi connectivity index (χ3v) is 2.49. The fourth-order valence-electron chi connectivity index (χ4n) is 1.40. The van der Waals surface area contributed by atoms with Gasteiger partial charge < -0.3 is 0 Å². The van der Waals surface area contributed by atoms with Crippen LogP contribution in [-0.2, 0) is 5.41 Å². The molecule has 0 atom stereocenters. The van der Waals surface area contributed by atoms with Crippen molar-refractivity contribution in [2.75, 3.05) is 0 Å². The second-order valence-corrected chi connectivity index (χ2v) is 5.58. The number of benzene rings is 1. The predicted octanol–water partition coefficient (Wildman–Crippen LogP) is 2.63. The summed E-state index contributed by atoms with van der Waals surface area (Å²) in [6, 6.07) is 7.96. The van der Waals surface area contributed by atoms with Gasteiger partial charge in [-0.25, -0.2) is 5.43 Å². The molecular weight excluding hydrogens is 212 g/mol. The lowest BCUT2D eigenvalue weighted by atomic mass is 9.87. The van der Waals surface area contributed by atoms with E-state index in [0.29, 0.717) is 5.56 Å². The molecule has 1 amide bonds. The Bertz CT molecular complexity index is 374. The van der Waals surface area contributed by atoms with Crippen molar-refractivity contribution in [2.24, 2.45) is 0 Å². The molecule has 0 aromatic heterocycles. The number of hydrogen-bond acceptors (Lipinski definition) is 2. The van der Waals surface area contributed by atoms with Crippen LogP contribution in [0, 0.1) is 0 Å². The third kappa shape index (κ3) is 4.19. The lowest BCUT2D eigenvalue weighted by Crippen LogP contribution is -2.41. The lowest BCUT2D eigenvalue weighted by molar-refractivity contribution is 0.0927. The Balaban J connectivity index is 2.71. The predicted molar refractivity (Wildman–Crippen MR) is 70.9 cm³/mol. The smallest absolute Gasteiger partial charge is 0.265 e. The average Bonchev–Trinajstić information content (AvgIpc) is 2.25. The van der Waals surface area contributed by atoms with Gasteiger partial charge in [-0.05, 0) is 37.0 Å². The van der Waals surface area contributed by atoms with Crippen LogP contribution in [0.2, 0.25) is 0 Å². The van der Waals surface area contributed by atoms with E-state index in [1.165, 1.54) is 5.56 Å². The number of hydrazine groups is 1. The maximum absolute atomic E-state index is 11.7. The van der Waals surface area contributed by atoms with Crippen molar-refractivity contribution in [1.29, 1.82) is 0 Å². The lowest BCUT2D eigenvalue weighted by Gasteiger charge is -2.19. The van der Waals surface area contributed by atoms with Crippen molar-refractivity contribution >= 4 is 5.91 Å². The van der Waals surface area contributed by atoms with E-state index in [4.69, 9.17) is 0 Å². The molecule has 17 heavy (non-hydrogen) atoms. The average molecular weight is 234 g/mol. The topological polar surface area (TPSA) is 41.1 Å². The highest BCUT2D eigenvalue weighted by atomic mass is 16.2. The van der Waals surface area contributed by atoms with Crippen LogP contribution in [0.4, 0.5) is 0 Å². The molecular formula is C14H22N2O. The van der Waals surface area contributed by atoms with E-state index in [9.17, 15) is 4.79 Å². The molecule has 1 aromatic rings. The van der Waals surface area contributed by atoms with E-state index in [2.05, 4.69) is 31.6 Å². The van der Waals surface area contributed by atoms with Crippen molar-refractivity contribution < 1.29 is 4.79 Å². The Labute approximate surface area is 104 Å². The van der Waals surface area contributed by atoms with Gasteiger partial charge >= 0.3 is 0 Å². The number of carbonyl (C=O) groups excluding carboxylic acids is 1. The van der Waals surface area contributed by atoms with Gasteiger partial charge in [0, 0.05) is 11.6 Å². The Kier molecular flexibility index (Phi) is 4.29. The minimum Gasteiger partial charge on any atom is -0.287 e. The number of amides is 1. The summed E-state index contributed by atoms with van der Waals surface area (Å²) in [7, 11) is 0. The number of nitrogens with one attached hydrogen (secondary N) is 2. The summed E-state index contributed by atoms with van der Waals surface area (Å²) in [6.45, 7) is 10.4. The summed E-state index contributed by atoms with van der Waals surface area (Å²) in [4.78, 5) is 11.7. The maximum atomic E-state index is 11.7. The van der Waals surface area contributed by atoms with Gasteiger partial charge in [0.05, 0.1) is 0 Å². The molecule has 0 fully saturated rings. The highest BCUT2D eigenvalue weighted by molar-refractivity contribution is 5.93. The zero-order valence-electron chi connectivity index (χ0n) is 11.3. The first-order valence-electron chi connectivity index (χ1n) is 5.97. The maximum Gasteiger partial charge on any atom is 0.265 e. The molecule has 3 nitrogen and oxygen atoms in total. The molecule has 0 aliphatic carbocycles. The highest BCUT2D eigenvalue weighted by Gasteiger charge is 2.14. The zero-order valence-corrected chi connectivity index (χ0v) is 11.3. The first kappa shape index (κ1) is 13.7. The number of rotatable bonds is 3. The van der Waals surface area contributed by atoms with Crippen LogP contribution < -0.4 is 10.9 Å². The van der Waals surface area contributed by atoms with E-state index in [-0.39, 0.29) is 17.4 Å². The summed E-state index contributed by atoms with van der Waals surface area (Å²) >= 11 is 0. The first-order chi connectivity index (χ1) is 7.80. The van der Waals surface area contributed by atoms with E-state index >= 15 is 0 Å². The van der Waals surface area contributed by atoms with Gasteiger partial charge in [-0.2, -0.15) is 0 Å². The van der Waals surface area contributed by atoms with E-state index < -0.39 is 0 Å². The molecule has 0 radical (unpaired) electrons. The molecule has 0 saturated carbocycles. The molecule has 0 spiro atoms. The van der Waals surface area contributed by atoms with Crippen molar-refractivity contribution in [3.05, 3.63) is 35.4 Å². The quantitative estimate of drug-likeness (QED) is 0.789. The van der Waals surface area contributed by atoms with Gasteiger partial charge in [0.25, 0.3) is 5.91 Å². The van der Waals surface area contributed by atoms with Gasteiger partial charge in [-0.1, -0.05) is 32.9 Å². The molecule has 1 rings (SSSR count). The van der Waals surface area contributed by atoms with Crippen LogP contribution >= 0.6 is 0 Å². The van der Waals surface area contributed by atoms with Crippen LogP contribution in [0.25, 0.3) is 0 Å². The molecule has 3 heteroatoms. The largest absolute Gasteiger partial charge is 0.287 e. The molecule has 0 unspecified atom stereocenters. The second-order valence-electron chi connectivity index (χ2n) is 5.58. The fraction of sp³-hybridized carbons (Fsp3) is 0.500. The normalized spacial score (nSPS) is 11.6. The first-order valence-corrected chi connectivity index (χ1v) is 5.97. The Morgan fingerprint density at radius 3 is 2.06 bits per heavy atom. The Hall–Kier alpha value is -1.35. The highest BCUT2D eigenvalue weighted by Crippen LogP contribution is 2.21. The minimum atomic E-state index is -0.0980. The van der Waals surface area contributed by atoms with E-state index in [1.54, 1.807) is 0 Å². The van der Waals surface area contributed by atoms with Crippen molar-refractivity contribution in [3.8, 4) is 0 Å². The van der Waals surface area contributed by atoms with Gasteiger partial charge in [-0.3, -0.25) is 10.2 Å². The van der Waals surface area contributed by atoms with Crippen LogP contribution in [0.5, 0.6) is 0 Å². The monoisotopic (exact) mass is 234 g/mol. The van der Waals surface area contributed by atoms with Crippen molar-refractivity contribution in [3.63, 3.8) is 0 Å². The minimum absolute atomic E-state index is 0.0980. The summed E-state index contributed by atoms with van der Waals surface area (Å²) in [6.07, 6.45) is 0. The van der Waals surface area contributed by atoms with E-state index in [1.807, 2.05) is 38.1 Å². The molecule has 0 aliphatic heterocycles. The number of carbonyl (C=O) groups is 1. The summed E-state index contributed by atoms with van der Waals surface area (Å²) in [5, 5.41) is 0. The van der Waals surface area contributed by atoms with Gasteiger partial charge in [0.15, 0.2) is 0 Å². The standard InChI is InChI=1S/C14H22N2O/c1-10(2)15-16-13(17)11-6-8-12(9-7-11)14(3,4)5/h6-10,15H,1-5H3,(H,16,17). The van der Waals surface area contributed by atoms with Crippen molar-refractivity contribution in [2.45, 2.75) is 46.1 Å². The van der Waals surface area contributed by atoms with E-state index in [0.717, 1.165) is 0 Å². The van der Waals surface area contributed by atoms with Crippen LogP contribution in [0.1, 0.15) is 50.5 Å². The van der Waals surface area contributed by atoms with Gasteiger partial charge in [-0.15, -0.1) is 0 Å². The molecule has 0 saturated heterocycles.